The predicted octanol–water partition coefficient (Wildman–Crippen LogP) is -0.0185. The molecule has 0 aromatic rings. The fourth-order valence-electron chi connectivity index (χ4n) is 1.16. The van der Waals surface area contributed by atoms with Crippen LogP contribution in [0.25, 0.3) is 0 Å². The molecule has 0 radical (unpaired) electrons. The SMILES string of the molecule is CNC(C)(C#N)CN(C)CCN(C)C. The van der Waals surface area contributed by atoms with Gasteiger partial charge in [0, 0.05) is 19.6 Å². The van der Waals surface area contributed by atoms with Crippen LogP contribution in [0.5, 0.6) is 0 Å². The second-order valence-corrected chi connectivity index (χ2v) is 4.23. The molecule has 1 atom stereocenters. The number of nitrogens with one attached hydrogen (secondary N) is 1. The summed E-state index contributed by atoms with van der Waals surface area (Å²) in [4.78, 5) is 4.30. The van der Waals surface area contributed by atoms with Gasteiger partial charge >= 0.3 is 0 Å². The van der Waals surface area contributed by atoms with Crippen LogP contribution in [0.4, 0.5) is 0 Å². The molecule has 82 valence electrons. The molecule has 14 heavy (non-hydrogen) atoms. The zero-order valence-corrected chi connectivity index (χ0v) is 9.96. The van der Waals surface area contributed by atoms with E-state index in [1.165, 1.54) is 0 Å². The minimum absolute atomic E-state index is 0.443. The van der Waals surface area contributed by atoms with E-state index in [1.54, 1.807) is 0 Å². The fraction of sp³-hybridized carbons (Fsp3) is 0.900. The Kier molecular flexibility index (Phi) is 5.70. The normalized spacial score (nSPS) is 15.6. The minimum Gasteiger partial charge on any atom is -0.308 e. The number of nitrogens with zero attached hydrogens (tertiary/aromatic N) is 3. The Labute approximate surface area is 87.5 Å². The maximum Gasteiger partial charge on any atom is 0.116 e. The van der Waals surface area contributed by atoms with Gasteiger partial charge in [0.15, 0.2) is 0 Å². The molecule has 4 heteroatoms. The van der Waals surface area contributed by atoms with Crippen molar-refractivity contribution < 1.29 is 0 Å². The van der Waals surface area contributed by atoms with Crippen molar-refractivity contribution in [2.24, 2.45) is 0 Å². The molecule has 1 unspecified atom stereocenters. The topological polar surface area (TPSA) is 42.3 Å². The molecular weight excluding hydrogens is 176 g/mol. The monoisotopic (exact) mass is 198 g/mol. The summed E-state index contributed by atoms with van der Waals surface area (Å²) in [5, 5.41) is 12.0. The van der Waals surface area contributed by atoms with Gasteiger partial charge in [-0.25, -0.2) is 0 Å². The predicted molar refractivity (Wildman–Crippen MR) is 59.1 cm³/mol. The van der Waals surface area contributed by atoms with Gasteiger partial charge in [0.1, 0.15) is 5.54 Å². The highest BCUT2D eigenvalue weighted by molar-refractivity contribution is 5.04. The first-order valence-corrected chi connectivity index (χ1v) is 4.87. The zero-order valence-electron chi connectivity index (χ0n) is 9.96. The molecule has 0 bridgehead atoms. The number of nitriles is 1. The molecule has 0 heterocycles. The Morgan fingerprint density at radius 2 is 1.86 bits per heavy atom. The van der Waals surface area contributed by atoms with E-state index < -0.39 is 5.54 Å². The summed E-state index contributed by atoms with van der Waals surface area (Å²) in [5.74, 6) is 0. The van der Waals surface area contributed by atoms with Crippen LogP contribution < -0.4 is 5.32 Å². The molecule has 4 nitrogen and oxygen atoms in total. The molecule has 0 aliphatic heterocycles. The van der Waals surface area contributed by atoms with Crippen LogP contribution >= 0.6 is 0 Å². The molecule has 0 fully saturated rings. The summed E-state index contributed by atoms with van der Waals surface area (Å²) in [6, 6.07) is 2.28. The van der Waals surface area contributed by atoms with Gasteiger partial charge < -0.3 is 15.1 Å². The third-order valence-electron chi connectivity index (χ3n) is 2.31. The second kappa shape index (κ2) is 5.97. The summed E-state index contributed by atoms with van der Waals surface area (Å²) in [7, 11) is 7.96. The molecule has 0 aromatic carbocycles. The van der Waals surface area contributed by atoms with Crippen LogP contribution in [0.1, 0.15) is 6.92 Å². The Morgan fingerprint density at radius 3 is 2.21 bits per heavy atom. The van der Waals surface area contributed by atoms with Crippen molar-refractivity contribution in [3.63, 3.8) is 0 Å². The lowest BCUT2D eigenvalue weighted by atomic mass is 10.1. The number of rotatable bonds is 6. The van der Waals surface area contributed by atoms with Crippen molar-refractivity contribution in [2.45, 2.75) is 12.5 Å². The van der Waals surface area contributed by atoms with Crippen LogP contribution in [0.3, 0.4) is 0 Å². The summed E-state index contributed by atoms with van der Waals surface area (Å²) in [6.45, 7) is 4.65. The Bertz CT molecular complexity index is 197. The number of hydrogen-bond acceptors (Lipinski definition) is 4. The van der Waals surface area contributed by atoms with E-state index in [1.807, 2.05) is 21.0 Å². The van der Waals surface area contributed by atoms with Gasteiger partial charge in [-0.3, -0.25) is 0 Å². The van der Waals surface area contributed by atoms with Crippen molar-refractivity contribution in [2.75, 3.05) is 47.8 Å². The number of likely N-dealkylation sites (N-methyl/N-ethyl adjacent to an activating group) is 3. The molecule has 0 saturated heterocycles. The molecule has 0 rings (SSSR count). The van der Waals surface area contributed by atoms with Gasteiger partial charge in [-0.1, -0.05) is 0 Å². The molecule has 0 saturated carbocycles. The second-order valence-electron chi connectivity index (χ2n) is 4.23. The van der Waals surface area contributed by atoms with E-state index in [0.29, 0.717) is 0 Å². The van der Waals surface area contributed by atoms with Crippen LogP contribution in [-0.2, 0) is 0 Å². The maximum absolute atomic E-state index is 8.96. The van der Waals surface area contributed by atoms with Crippen LogP contribution in [0, 0.1) is 11.3 Å². The first-order valence-electron chi connectivity index (χ1n) is 4.87. The van der Waals surface area contributed by atoms with Gasteiger partial charge in [-0.2, -0.15) is 5.26 Å². The Balaban J connectivity index is 3.93. The Hall–Kier alpha value is -0.630. The third-order valence-corrected chi connectivity index (χ3v) is 2.31. The lowest BCUT2D eigenvalue weighted by Crippen LogP contribution is -2.48. The first kappa shape index (κ1) is 13.4. The molecular formula is C10H22N4. The molecule has 0 aromatic heterocycles. The van der Waals surface area contributed by atoms with Gasteiger partial charge in [0.25, 0.3) is 0 Å². The maximum atomic E-state index is 8.96. The van der Waals surface area contributed by atoms with E-state index in [4.69, 9.17) is 5.26 Å². The van der Waals surface area contributed by atoms with Gasteiger partial charge in [-0.05, 0) is 35.1 Å². The van der Waals surface area contributed by atoms with Crippen molar-refractivity contribution in [3.8, 4) is 6.07 Å². The molecule has 0 aliphatic carbocycles. The standard InChI is InChI=1S/C10H22N4/c1-10(8-11,12-2)9-14(5)7-6-13(3)4/h12H,6-7,9H2,1-5H3. The van der Waals surface area contributed by atoms with Crippen LogP contribution in [0.2, 0.25) is 0 Å². The summed E-state index contributed by atoms with van der Waals surface area (Å²) >= 11 is 0. The molecule has 0 spiro atoms. The average Bonchev–Trinajstić information content (AvgIpc) is 2.14. The van der Waals surface area contributed by atoms with Gasteiger partial charge in [0.2, 0.25) is 0 Å². The largest absolute Gasteiger partial charge is 0.308 e. The number of hydrogen-bond donors (Lipinski definition) is 1. The highest BCUT2D eigenvalue weighted by Gasteiger charge is 2.22. The van der Waals surface area contributed by atoms with Crippen LogP contribution in [-0.4, -0.2) is 63.2 Å². The van der Waals surface area contributed by atoms with E-state index in [0.717, 1.165) is 19.6 Å². The van der Waals surface area contributed by atoms with Crippen molar-refractivity contribution >= 4 is 0 Å². The fourth-order valence-corrected chi connectivity index (χ4v) is 1.16. The van der Waals surface area contributed by atoms with Crippen LogP contribution in [0.15, 0.2) is 0 Å². The van der Waals surface area contributed by atoms with Gasteiger partial charge in [-0.15, -0.1) is 0 Å². The molecule has 0 amide bonds. The molecule has 0 aliphatic rings. The van der Waals surface area contributed by atoms with Crippen molar-refractivity contribution in [1.29, 1.82) is 5.26 Å². The first-order chi connectivity index (χ1) is 6.43. The van der Waals surface area contributed by atoms with Gasteiger partial charge in [0.05, 0.1) is 6.07 Å². The molecule has 1 N–H and O–H groups in total. The summed E-state index contributed by atoms with van der Waals surface area (Å²) < 4.78 is 0. The quantitative estimate of drug-likeness (QED) is 0.651. The Morgan fingerprint density at radius 1 is 1.29 bits per heavy atom. The lowest BCUT2D eigenvalue weighted by Gasteiger charge is -2.28. The average molecular weight is 198 g/mol. The zero-order chi connectivity index (χ0) is 11.2. The van der Waals surface area contributed by atoms with E-state index in [-0.39, 0.29) is 0 Å². The summed E-state index contributed by atoms with van der Waals surface area (Å²) in [6.07, 6.45) is 0. The highest BCUT2D eigenvalue weighted by atomic mass is 15.2. The minimum atomic E-state index is -0.443. The van der Waals surface area contributed by atoms with Crippen molar-refractivity contribution in [3.05, 3.63) is 0 Å². The van der Waals surface area contributed by atoms with E-state index in [9.17, 15) is 0 Å². The third kappa shape index (κ3) is 5.18. The van der Waals surface area contributed by atoms with Crippen molar-refractivity contribution in [1.82, 2.24) is 15.1 Å². The van der Waals surface area contributed by atoms with E-state index in [2.05, 4.69) is 35.3 Å². The highest BCUT2D eigenvalue weighted by Crippen LogP contribution is 2.02. The summed E-state index contributed by atoms with van der Waals surface area (Å²) in [5.41, 5.74) is -0.443. The lowest BCUT2D eigenvalue weighted by molar-refractivity contribution is 0.241. The van der Waals surface area contributed by atoms with E-state index >= 15 is 0 Å². The smallest absolute Gasteiger partial charge is 0.116 e.